The van der Waals surface area contributed by atoms with Crippen molar-refractivity contribution in [2.45, 2.75) is 0 Å². The Kier molecular flexibility index (Phi) is 5.96. The molecule has 0 saturated heterocycles. The molecule has 0 radical (unpaired) electrons. The molecule has 2 aromatic heterocycles. The van der Waals surface area contributed by atoms with Gasteiger partial charge in [-0.05, 0) is 99.0 Å². The fourth-order valence-electron chi connectivity index (χ4n) is 8.27. The third-order valence-corrected chi connectivity index (χ3v) is 10.5. The SMILES string of the molecule is c1ccc(-n2c3ccccc3c3c(N(c4ccc5ccc6c7ccccc7ccc6c5c4)c4ccc5oc6ccccc6c5c4)cccc32)cc1. The molecule has 51 heavy (non-hydrogen) atoms. The van der Waals surface area contributed by atoms with Crippen molar-refractivity contribution in [3.8, 4) is 5.69 Å². The molecule has 11 aromatic rings. The highest BCUT2D eigenvalue weighted by Crippen LogP contribution is 2.46. The summed E-state index contributed by atoms with van der Waals surface area (Å²) in [4.78, 5) is 2.44. The second kappa shape index (κ2) is 10.8. The largest absolute Gasteiger partial charge is 0.456 e. The highest BCUT2D eigenvalue weighted by atomic mass is 16.3. The molecule has 3 nitrogen and oxygen atoms in total. The van der Waals surface area contributed by atoms with E-state index in [1.165, 1.54) is 48.6 Å². The van der Waals surface area contributed by atoms with Crippen molar-refractivity contribution in [1.29, 1.82) is 0 Å². The molecule has 0 spiro atoms. The zero-order valence-electron chi connectivity index (χ0n) is 27.6. The molecule has 0 unspecified atom stereocenters. The van der Waals surface area contributed by atoms with Crippen molar-refractivity contribution >= 4 is 93.1 Å². The number of nitrogens with zero attached hydrogens (tertiary/aromatic N) is 2. The smallest absolute Gasteiger partial charge is 0.135 e. The highest BCUT2D eigenvalue weighted by Gasteiger charge is 2.22. The molecule has 2 heterocycles. The van der Waals surface area contributed by atoms with E-state index in [2.05, 4.69) is 179 Å². The standard InChI is InChI=1S/C48H30N2O/c1-2-12-33(13-3-1)50-43-17-8-6-16-40(43)48-44(18-10-19-45(48)50)49(35-25-28-47-42(30-35)39-15-7-9-20-46(39)51-47)34-24-21-32-23-26-37-36-14-5-4-11-31(36)22-27-38(37)41(32)29-34/h1-30H. The third-order valence-electron chi connectivity index (χ3n) is 10.5. The number of anilines is 3. The van der Waals surface area contributed by atoms with Crippen molar-refractivity contribution in [3.05, 3.63) is 182 Å². The Hall–Kier alpha value is -6.84. The molecule has 0 bridgehead atoms. The summed E-state index contributed by atoms with van der Waals surface area (Å²) in [6.45, 7) is 0. The number of aromatic nitrogens is 1. The van der Waals surface area contributed by atoms with Gasteiger partial charge < -0.3 is 13.9 Å². The molecule has 3 heteroatoms. The second-order valence-corrected chi connectivity index (χ2v) is 13.3. The zero-order valence-corrected chi connectivity index (χ0v) is 27.6. The Morgan fingerprint density at radius 3 is 1.84 bits per heavy atom. The average molecular weight is 651 g/mol. The van der Waals surface area contributed by atoms with Gasteiger partial charge in [-0.25, -0.2) is 0 Å². The lowest BCUT2D eigenvalue weighted by molar-refractivity contribution is 0.669. The molecule has 0 aliphatic rings. The maximum absolute atomic E-state index is 6.30. The van der Waals surface area contributed by atoms with Crippen molar-refractivity contribution in [2.24, 2.45) is 0 Å². The van der Waals surface area contributed by atoms with E-state index in [-0.39, 0.29) is 0 Å². The molecule has 238 valence electrons. The van der Waals surface area contributed by atoms with Crippen molar-refractivity contribution in [2.75, 3.05) is 4.90 Å². The minimum atomic E-state index is 0.884. The molecule has 0 atom stereocenters. The summed E-state index contributed by atoms with van der Waals surface area (Å²) in [5.74, 6) is 0. The third kappa shape index (κ3) is 4.19. The van der Waals surface area contributed by atoms with E-state index in [1.54, 1.807) is 0 Å². The van der Waals surface area contributed by atoms with Gasteiger partial charge in [0.2, 0.25) is 0 Å². The number of fused-ring (bicyclic) bond motifs is 11. The van der Waals surface area contributed by atoms with Crippen LogP contribution in [-0.2, 0) is 0 Å². The summed E-state index contributed by atoms with van der Waals surface area (Å²) in [6.07, 6.45) is 0. The van der Waals surface area contributed by atoms with Gasteiger partial charge in [0.05, 0.1) is 16.7 Å². The first-order valence-electron chi connectivity index (χ1n) is 17.4. The topological polar surface area (TPSA) is 21.3 Å². The van der Waals surface area contributed by atoms with Crippen molar-refractivity contribution in [1.82, 2.24) is 4.57 Å². The van der Waals surface area contributed by atoms with Crippen LogP contribution in [0.5, 0.6) is 0 Å². The summed E-state index contributed by atoms with van der Waals surface area (Å²) in [5, 5.41) is 12.1. The Labute approximate surface area is 293 Å². The van der Waals surface area contributed by atoms with Crippen LogP contribution in [0.1, 0.15) is 0 Å². The number of para-hydroxylation sites is 3. The number of benzene rings is 9. The van der Waals surface area contributed by atoms with Gasteiger partial charge in [-0.15, -0.1) is 0 Å². The van der Waals surface area contributed by atoms with E-state index >= 15 is 0 Å². The van der Waals surface area contributed by atoms with Gasteiger partial charge in [0, 0.05) is 38.6 Å². The number of hydrogen-bond acceptors (Lipinski definition) is 2. The molecule has 0 N–H and O–H groups in total. The van der Waals surface area contributed by atoms with E-state index < -0.39 is 0 Å². The van der Waals surface area contributed by atoms with Crippen molar-refractivity contribution in [3.63, 3.8) is 0 Å². The molecule has 11 rings (SSSR count). The Bertz CT molecular complexity index is 3150. The summed E-state index contributed by atoms with van der Waals surface area (Å²) >= 11 is 0. The first-order valence-corrected chi connectivity index (χ1v) is 17.4. The summed E-state index contributed by atoms with van der Waals surface area (Å²) < 4.78 is 8.68. The monoisotopic (exact) mass is 650 g/mol. The second-order valence-electron chi connectivity index (χ2n) is 13.3. The van der Waals surface area contributed by atoms with E-state index in [1.807, 2.05) is 12.1 Å². The van der Waals surface area contributed by atoms with Gasteiger partial charge in [0.15, 0.2) is 0 Å². The van der Waals surface area contributed by atoms with Gasteiger partial charge in [0.25, 0.3) is 0 Å². The van der Waals surface area contributed by atoms with Crippen molar-refractivity contribution < 1.29 is 4.42 Å². The molecule has 0 aliphatic carbocycles. The fourth-order valence-corrected chi connectivity index (χ4v) is 8.27. The van der Waals surface area contributed by atoms with Gasteiger partial charge in [-0.1, -0.05) is 115 Å². The normalized spacial score (nSPS) is 11.9. The molecule has 9 aromatic carbocycles. The van der Waals surface area contributed by atoms with E-state index in [4.69, 9.17) is 4.42 Å². The van der Waals surface area contributed by atoms with Gasteiger partial charge >= 0.3 is 0 Å². The average Bonchev–Trinajstić information content (AvgIpc) is 3.74. The minimum absolute atomic E-state index is 0.884. The Morgan fingerprint density at radius 1 is 0.373 bits per heavy atom. The van der Waals surface area contributed by atoms with Crippen LogP contribution in [0.2, 0.25) is 0 Å². The molecular weight excluding hydrogens is 621 g/mol. The molecule has 0 aliphatic heterocycles. The molecule has 0 fully saturated rings. The summed E-state index contributed by atoms with van der Waals surface area (Å²) in [6, 6.07) is 65.7. The fraction of sp³-hybridized carbons (Fsp3) is 0. The van der Waals surface area contributed by atoms with Gasteiger partial charge in [-0.3, -0.25) is 0 Å². The van der Waals surface area contributed by atoms with Crippen LogP contribution in [0.25, 0.3) is 81.7 Å². The van der Waals surface area contributed by atoms with Gasteiger partial charge in [0.1, 0.15) is 11.2 Å². The maximum Gasteiger partial charge on any atom is 0.135 e. The lowest BCUT2D eigenvalue weighted by Gasteiger charge is -2.27. The number of rotatable bonds is 4. The zero-order chi connectivity index (χ0) is 33.5. The summed E-state index contributed by atoms with van der Waals surface area (Å²) in [7, 11) is 0. The molecular formula is C48H30N2O. The quantitative estimate of drug-likeness (QED) is 0.177. The minimum Gasteiger partial charge on any atom is -0.456 e. The Morgan fingerprint density at radius 2 is 0.980 bits per heavy atom. The van der Waals surface area contributed by atoms with Gasteiger partial charge in [-0.2, -0.15) is 0 Å². The van der Waals surface area contributed by atoms with Crippen LogP contribution in [0, 0.1) is 0 Å². The predicted octanol–water partition coefficient (Wildman–Crippen LogP) is 13.6. The van der Waals surface area contributed by atoms with Crippen LogP contribution in [-0.4, -0.2) is 4.57 Å². The van der Waals surface area contributed by atoms with Crippen LogP contribution >= 0.6 is 0 Å². The van der Waals surface area contributed by atoms with Crippen LogP contribution in [0.3, 0.4) is 0 Å². The first kappa shape index (κ1) is 28.0. The molecule has 0 amide bonds. The van der Waals surface area contributed by atoms with Crippen LogP contribution in [0.15, 0.2) is 186 Å². The molecule has 0 saturated carbocycles. The van der Waals surface area contributed by atoms with Crippen LogP contribution in [0.4, 0.5) is 17.1 Å². The van der Waals surface area contributed by atoms with E-state index in [9.17, 15) is 0 Å². The summed E-state index contributed by atoms with van der Waals surface area (Å²) in [5.41, 5.74) is 8.56. The lowest BCUT2D eigenvalue weighted by Crippen LogP contribution is -2.10. The number of hydrogen-bond donors (Lipinski definition) is 0. The van der Waals surface area contributed by atoms with Crippen LogP contribution < -0.4 is 4.90 Å². The van der Waals surface area contributed by atoms with E-state index in [0.29, 0.717) is 0 Å². The lowest BCUT2D eigenvalue weighted by atomic mass is 9.96. The first-order chi connectivity index (χ1) is 25.3. The highest BCUT2D eigenvalue weighted by molar-refractivity contribution is 6.20. The van der Waals surface area contributed by atoms with E-state index in [0.717, 1.165) is 50.2 Å². The predicted molar refractivity (Wildman–Crippen MR) is 215 cm³/mol. The Balaban J connectivity index is 1.24. The maximum atomic E-state index is 6.30. The number of furan rings is 1.